The number of nitrogens with two attached hydrogens (primary N) is 1. The lowest BCUT2D eigenvalue weighted by molar-refractivity contribution is 0.244. The molecule has 16 heavy (non-hydrogen) atoms. The third kappa shape index (κ3) is 3.30. The minimum atomic E-state index is 0.637. The van der Waals surface area contributed by atoms with Gasteiger partial charge in [0.1, 0.15) is 0 Å². The molecular formula is C13H21N3. The molecule has 1 saturated heterocycles. The Morgan fingerprint density at radius 3 is 2.31 bits per heavy atom. The Hall–Kier alpha value is -0.900. The van der Waals surface area contributed by atoms with E-state index in [2.05, 4.69) is 34.5 Å². The second-order valence-electron chi connectivity index (χ2n) is 4.36. The van der Waals surface area contributed by atoms with Gasteiger partial charge in [-0.1, -0.05) is 24.3 Å². The fraction of sp³-hybridized carbons (Fsp3) is 0.538. The summed E-state index contributed by atoms with van der Waals surface area (Å²) in [5, 5.41) is 3.37. The molecule has 0 saturated carbocycles. The standard InChI is InChI=1S/C13H21N3/c14-11-13-3-1-12(2-4-13)5-8-16-9-6-15-7-10-16/h1-4,15H,5-11,14H2. The highest BCUT2D eigenvalue weighted by Gasteiger charge is 2.08. The van der Waals surface area contributed by atoms with Crippen molar-refractivity contribution in [3.05, 3.63) is 35.4 Å². The first kappa shape index (κ1) is 11.6. The molecule has 1 aliphatic rings. The van der Waals surface area contributed by atoms with Crippen LogP contribution < -0.4 is 11.1 Å². The van der Waals surface area contributed by atoms with E-state index in [0.29, 0.717) is 6.54 Å². The van der Waals surface area contributed by atoms with Gasteiger partial charge in [-0.25, -0.2) is 0 Å². The van der Waals surface area contributed by atoms with E-state index in [9.17, 15) is 0 Å². The van der Waals surface area contributed by atoms with E-state index >= 15 is 0 Å². The lowest BCUT2D eigenvalue weighted by atomic mass is 10.1. The first-order chi connectivity index (χ1) is 7.88. The summed E-state index contributed by atoms with van der Waals surface area (Å²) in [7, 11) is 0. The van der Waals surface area contributed by atoms with Crippen LogP contribution in [0.1, 0.15) is 11.1 Å². The van der Waals surface area contributed by atoms with Crippen LogP contribution in [0, 0.1) is 0 Å². The molecule has 0 unspecified atom stereocenters. The number of hydrogen-bond acceptors (Lipinski definition) is 3. The van der Waals surface area contributed by atoms with Crippen LogP contribution in [0.25, 0.3) is 0 Å². The molecule has 0 amide bonds. The van der Waals surface area contributed by atoms with Crippen molar-refractivity contribution in [3.8, 4) is 0 Å². The van der Waals surface area contributed by atoms with Gasteiger partial charge in [0.05, 0.1) is 0 Å². The second-order valence-corrected chi connectivity index (χ2v) is 4.36. The lowest BCUT2D eigenvalue weighted by Crippen LogP contribution is -2.44. The maximum absolute atomic E-state index is 5.58. The van der Waals surface area contributed by atoms with Crippen molar-refractivity contribution in [1.29, 1.82) is 0 Å². The molecule has 1 aromatic rings. The molecule has 88 valence electrons. The zero-order valence-corrected chi connectivity index (χ0v) is 9.78. The number of benzene rings is 1. The highest BCUT2D eigenvalue weighted by Crippen LogP contribution is 2.05. The number of piperazine rings is 1. The van der Waals surface area contributed by atoms with E-state index < -0.39 is 0 Å². The summed E-state index contributed by atoms with van der Waals surface area (Å²) in [5.74, 6) is 0. The highest BCUT2D eigenvalue weighted by atomic mass is 15.2. The van der Waals surface area contributed by atoms with Crippen LogP contribution in [-0.4, -0.2) is 37.6 Å². The molecule has 0 aromatic heterocycles. The molecule has 1 fully saturated rings. The SMILES string of the molecule is NCc1ccc(CCN2CCNCC2)cc1. The number of nitrogens with zero attached hydrogens (tertiary/aromatic N) is 1. The van der Waals surface area contributed by atoms with Crippen LogP contribution in [0.5, 0.6) is 0 Å². The molecule has 0 spiro atoms. The summed E-state index contributed by atoms with van der Waals surface area (Å²) in [6.07, 6.45) is 1.14. The Morgan fingerprint density at radius 1 is 1.06 bits per heavy atom. The van der Waals surface area contributed by atoms with Gasteiger partial charge in [0, 0.05) is 39.3 Å². The molecule has 1 aliphatic heterocycles. The summed E-state index contributed by atoms with van der Waals surface area (Å²) in [5.41, 5.74) is 8.20. The van der Waals surface area contributed by atoms with Gasteiger partial charge in [0.15, 0.2) is 0 Å². The number of nitrogens with one attached hydrogen (secondary N) is 1. The predicted molar refractivity (Wildman–Crippen MR) is 67.3 cm³/mol. The van der Waals surface area contributed by atoms with E-state index in [1.54, 1.807) is 0 Å². The molecule has 1 aromatic carbocycles. The van der Waals surface area contributed by atoms with Gasteiger partial charge >= 0.3 is 0 Å². The van der Waals surface area contributed by atoms with Crippen LogP contribution in [0.4, 0.5) is 0 Å². The van der Waals surface area contributed by atoms with Crippen molar-refractivity contribution in [2.75, 3.05) is 32.7 Å². The molecule has 3 heteroatoms. The summed E-state index contributed by atoms with van der Waals surface area (Å²) >= 11 is 0. The van der Waals surface area contributed by atoms with Gasteiger partial charge in [-0.15, -0.1) is 0 Å². The van der Waals surface area contributed by atoms with E-state index in [1.165, 1.54) is 30.8 Å². The van der Waals surface area contributed by atoms with E-state index in [1.807, 2.05) is 0 Å². The second kappa shape index (κ2) is 5.99. The Morgan fingerprint density at radius 2 is 1.69 bits per heavy atom. The van der Waals surface area contributed by atoms with Crippen molar-refractivity contribution in [1.82, 2.24) is 10.2 Å². The van der Waals surface area contributed by atoms with Crippen molar-refractivity contribution in [2.24, 2.45) is 5.73 Å². The quantitative estimate of drug-likeness (QED) is 0.779. The van der Waals surface area contributed by atoms with Gasteiger partial charge in [-0.2, -0.15) is 0 Å². The van der Waals surface area contributed by atoms with Gasteiger partial charge in [0.2, 0.25) is 0 Å². The molecule has 0 radical (unpaired) electrons. The first-order valence-electron chi connectivity index (χ1n) is 6.09. The van der Waals surface area contributed by atoms with Crippen molar-refractivity contribution in [2.45, 2.75) is 13.0 Å². The molecule has 3 N–H and O–H groups in total. The summed E-state index contributed by atoms with van der Waals surface area (Å²) in [6.45, 7) is 6.43. The van der Waals surface area contributed by atoms with Crippen LogP contribution in [0.15, 0.2) is 24.3 Å². The lowest BCUT2D eigenvalue weighted by Gasteiger charge is -2.27. The smallest absolute Gasteiger partial charge is 0.0178 e. The van der Waals surface area contributed by atoms with Crippen LogP contribution >= 0.6 is 0 Å². The normalized spacial score (nSPS) is 17.6. The average Bonchev–Trinajstić information content (AvgIpc) is 2.38. The Balaban J connectivity index is 1.79. The molecule has 0 atom stereocenters. The fourth-order valence-electron chi connectivity index (χ4n) is 2.06. The minimum Gasteiger partial charge on any atom is -0.326 e. The average molecular weight is 219 g/mol. The largest absolute Gasteiger partial charge is 0.326 e. The Kier molecular flexibility index (Phi) is 4.34. The van der Waals surface area contributed by atoms with Gasteiger partial charge in [0.25, 0.3) is 0 Å². The number of hydrogen-bond donors (Lipinski definition) is 2. The van der Waals surface area contributed by atoms with Gasteiger partial charge in [-0.05, 0) is 17.5 Å². The van der Waals surface area contributed by atoms with E-state index in [-0.39, 0.29) is 0 Å². The van der Waals surface area contributed by atoms with E-state index in [4.69, 9.17) is 5.73 Å². The molecule has 0 bridgehead atoms. The minimum absolute atomic E-state index is 0.637. The monoisotopic (exact) mass is 219 g/mol. The Bertz CT molecular complexity index is 301. The topological polar surface area (TPSA) is 41.3 Å². The number of rotatable bonds is 4. The van der Waals surface area contributed by atoms with Gasteiger partial charge in [-0.3, -0.25) is 0 Å². The third-order valence-corrected chi connectivity index (χ3v) is 3.18. The van der Waals surface area contributed by atoms with Crippen molar-refractivity contribution < 1.29 is 0 Å². The van der Waals surface area contributed by atoms with Crippen LogP contribution in [0.2, 0.25) is 0 Å². The molecular weight excluding hydrogens is 198 g/mol. The summed E-state index contributed by atoms with van der Waals surface area (Å²) in [4.78, 5) is 2.52. The van der Waals surface area contributed by atoms with Crippen molar-refractivity contribution in [3.63, 3.8) is 0 Å². The van der Waals surface area contributed by atoms with Crippen LogP contribution in [0.3, 0.4) is 0 Å². The summed E-state index contributed by atoms with van der Waals surface area (Å²) < 4.78 is 0. The van der Waals surface area contributed by atoms with Crippen LogP contribution in [-0.2, 0) is 13.0 Å². The Labute approximate surface area is 97.6 Å². The maximum atomic E-state index is 5.58. The zero-order chi connectivity index (χ0) is 11.2. The van der Waals surface area contributed by atoms with E-state index in [0.717, 1.165) is 19.5 Å². The molecule has 2 rings (SSSR count). The fourth-order valence-corrected chi connectivity index (χ4v) is 2.06. The molecule has 0 aliphatic carbocycles. The maximum Gasteiger partial charge on any atom is 0.0178 e. The highest BCUT2D eigenvalue weighted by molar-refractivity contribution is 5.22. The van der Waals surface area contributed by atoms with Crippen molar-refractivity contribution >= 4 is 0 Å². The molecule has 1 heterocycles. The first-order valence-corrected chi connectivity index (χ1v) is 6.09. The summed E-state index contributed by atoms with van der Waals surface area (Å²) in [6, 6.07) is 8.66. The predicted octanol–water partition coefficient (Wildman–Crippen LogP) is 0.593. The zero-order valence-electron chi connectivity index (χ0n) is 9.78. The third-order valence-electron chi connectivity index (χ3n) is 3.18. The van der Waals surface area contributed by atoms with Gasteiger partial charge < -0.3 is 16.0 Å². The molecule has 3 nitrogen and oxygen atoms in total.